The Morgan fingerprint density at radius 2 is 1.12 bits per heavy atom. The second-order valence-electron chi connectivity index (χ2n) is 8.26. The van der Waals surface area contributed by atoms with Crippen LogP contribution in [0.3, 0.4) is 0 Å². The Morgan fingerprint density at radius 3 is 1.56 bits per heavy atom. The SMILES string of the molecule is CN(C)/C=C(/c1nc2ccccc2[nH]1)[P+](c1ccccc1)(c1ccccc1)c1ccccc1.[Cl-]. The van der Waals surface area contributed by atoms with Crippen LogP contribution in [0.2, 0.25) is 0 Å². The third-order valence-corrected chi connectivity index (χ3v) is 10.1. The van der Waals surface area contributed by atoms with Crippen LogP contribution in [0.4, 0.5) is 0 Å². The summed E-state index contributed by atoms with van der Waals surface area (Å²) in [6, 6.07) is 40.9. The summed E-state index contributed by atoms with van der Waals surface area (Å²) in [4.78, 5) is 10.9. The lowest BCUT2D eigenvalue weighted by Gasteiger charge is -2.29. The van der Waals surface area contributed by atoms with Crippen LogP contribution in [0, 0.1) is 0 Å². The van der Waals surface area contributed by atoms with E-state index in [-0.39, 0.29) is 12.4 Å². The maximum Gasteiger partial charge on any atom is 0.176 e. The number of nitrogens with one attached hydrogen (secondary N) is 1. The van der Waals surface area contributed by atoms with Crippen molar-refractivity contribution < 1.29 is 12.4 Å². The van der Waals surface area contributed by atoms with Crippen LogP contribution < -0.4 is 28.3 Å². The van der Waals surface area contributed by atoms with E-state index in [1.54, 1.807) is 0 Å². The fourth-order valence-corrected chi connectivity index (χ4v) is 8.86. The minimum absolute atomic E-state index is 0. The molecule has 1 N–H and O–H groups in total. The maximum atomic E-state index is 5.09. The van der Waals surface area contributed by atoms with Crippen LogP contribution >= 0.6 is 7.26 Å². The van der Waals surface area contributed by atoms with Crippen molar-refractivity contribution in [1.29, 1.82) is 0 Å². The second kappa shape index (κ2) is 10.3. The summed E-state index contributed by atoms with van der Waals surface area (Å²) in [7, 11) is 1.89. The third kappa shape index (κ3) is 4.25. The molecule has 0 unspecified atom stereocenters. The topological polar surface area (TPSA) is 31.9 Å². The Morgan fingerprint density at radius 1 is 0.676 bits per heavy atom. The fourth-order valence-electron chi connectivity index (χ4n) is 4.44. The maximum absolute atomic E-state index is 5.09. The standard InChI is InChI=1S/C29H27N3P.ClH/c1-32(2)22-28(29-30-26-20-12-13-21-27(26)31-29)33(23-14-6-3-7-15-23,24-16-8-4-9-17-24)25-18-10-5-11-19-25;/h3-22H,1-2H3,(H,30,31);1H/q+1;/p-1/b28-22-;. The molecular weight excluding hydrogens is 457 g/mol. The molecule has 3 nitrogen and oxygen atoms in total. The zero-order valence-electron chi connectivity index (χ0n) is 19.3. The lowest BCUT2D eigenvalue weighted by Crippen LogP contribution is -3.00. The van der Waals surface area contributed by atoms with Crippen molar-refractivity contribution in [3.8, 4) is 0 Å². The Bertz CT molecular complexity index is 1250. The predicted octanol–water partition coefficient (Wildman–Crippen LogP) is 2.42. The van der Waals surface area contributed by atoms with Crippen molar-refractivity contribution in [2.75, 3.05) is 14.1 Å². The monoisotopic (exact) mass is 483 g/mol. The van der Waals surface area contributed by atoms with Crippen LogP contribution in [0.1, 0.15) is 5.82 Å². The number of imidazole rings is 1. The molecule has 5 aromatic rings. The van der Waals surface area contributed by atoms with Gasteiger partial charge in [0.25, 0.3) is 0 Å². The van der Waals surface area contributed by atoms with E-state index in [1.165, 1.54) is 21.2 Å². The molecule has 5 rings (SSSR count). The molecule has 0 radical (unpaired) electrons. The van der Waals surface area contributed by atoms with E-state index in [9.17, 15) is 0 Å². The number of benzene rings is 4. The molecule has 0 aliphatic rings. The van der Waals surface area contributed by atoms with Gasteiger partial charge in [-0.3, -0.25) is 0 Å². The Hall–Kier alpha value is -3.39. The van der Waals surface area contributed by atoms with Crippen LogP contribution in [-0.4, -0.2) is 29.0 Å². The molecule has 5 heteroatoms. The van der Waals surface area contributed by atoms with E-state index in [0.29, 0.717) is 0 Å². The number of hydrogen-bond acceptors (Lipinski definition) is 2. The van der Waals surface area contributed by atoms with Crippen molar-refractivity contribution in [3.05, 3.63) is 127 Å². The zero-order valence-corrected chi connectivity index (χ0v) is 20.9. The normalized spacial score (nSPS) is 11.8. The molecule has 1 aromatic heterocycles. The van der Waals surface area contributed by atoms with Gasteiger partial charge < -0.3 is 22.3 Å². The molecule has 0 bridgehead atoms. The van der Waals surface area contributed by atoms with Gasteiger partial charge in [-0.25, -0.2) is 4.98 Å². The van der Waals surface area contributed by atoms with Gasteiger partial charge in [0.2, 0.25) is 0 Å². The van der Waals surface area contributed by atoms with Gasteiger partial charge >= 0.3 is 0 Å². The molecule has 0 aliphatic carbocycles. The number of rotatable bonds is 6. The molecule has 170 valence electrons. The Balaban J connectivity index is 0.00000274. The third-order valence-electron chi connectivity index (χ3n) is 5.80. The average Bonchev–Trinajstić information content (AvgIpc) is 3.30. The minimum atomic E-state index is -2.27. The van der Waals surface area contributed by atoms with Gasteiger partial charge in [0.1, 0.15) is 23.2 Å². The fraction of sp³-hybridized carbons (Fsp3) is 0.0690. The highest BCUT2D eigenvalue weighted by atomic mass is 35.5. The first-order chi connectivity index (χ1) is 16.2. The summed E-state index contributed by atoms with van der Waals surface area (Å²) in [5, 5.41) is 5.11. The van der Waals surface area contributed by atoms with E-state index in [1.807, 2.05) is 12.1 Å². The van der Waals surface area contributed by atoms with Gasteiger partial charge in [-0.1, -0.05) is 66.7 Å². The van der Waals surface area contributed by atoms with Gasteiger partial charge in [0.15, 0.2) is 11.1 Å². The molecule has 0 aliphatic heterocycles. The first-order valence-electron chi connectivity index (χ1n) is 11.1. The summed E-state index contributed by atoms with van der Waals surface area (Å²) in [6.07, 6.45) is 2.25. The molecule has 0 amide bonds. The molecule has 0 spiro atoms. The molecule has 34 heavy (non-hydrogen) atoms. The quantitative estimate of drug-likeness (QED) is 0.376. The highest BCUT2D eigenvalue weighted by Gasteiger charge is 2.51. The number of halogens is 1. The predicted molar refractivity (Wildman–Crippen MR) is 143 cm³/mol. The number of hydrogen-bond donors (Lipinski definition) is 1. The first kappa shape index (κ1) is 23.8. The number of H-pyrrole nitrogens is 1. The van der Waals surface area contributed by atoms with Crippen molar-refractivity contribution in [2.24, 2.45) is 0 Å². The van der Waals surface area contributed by atoms with Gasteiger partial charge in [-0.05, 0) is 48.5 Å². The molecule has 0 saturated carbocycles. The molecule has 0 atom stereocenters. The summed E-state index contributed by atoms with van der Waals surface area (Å²) < 4.78 is 0. The highest BCUT2D eigenvalue weighted by Crippen LogP contribution is 2.65. The van der Waals surface area contributed by atoms with Crippen molar-refractivity contribution in [2.45, 2.75) is 0 Å². The van der Waals surface area contributed by atoms with Crippen LogP contribution in [0.25, 0.3) is 16.3 Å². The van der Waals surface area contributed by atoms with E-state index < -0.39 is 7.26 Å². The Labute approximate surface area is 207 Å². The van der Waals surface area contributed by atoms with Crippen molar-refractivity contribution in [3.63, 3.8) is 0 Å². The van der Waals surface area contributed by atoms with Crippen LogP contribution in [0.5, 0.6) is 0 Å². The largest absolute Gasteiger partial charge is 1.00 e. The molecule has 0 fully saturated rings. The van der Waals surface area contributed by atoms with Gasteiger partial charge in [0.05, 0.1) is 11.0 Å². The summed E-state index contributed by atoms with van der Waals surface area (Å²) in [6.45, 7) is 0. The van der Waals surface area contributed by atoms with Crippen LogP contribution in [-0.2, 0) is 0 Å². The summed E-state index contributed by atoms with van der Waals surface area (Å²) >= 11 is 0. The average molecular weight is 484 g/mol. The summed E-state index contributed by atoms with van der Waals surface area (Å²) in [5.74, 6) is 0.912. The van der Waals surface area contributed by atoms with E-state index in [4.69, 9.17) is 4.98 Å². The number of nitrogens with zero attached hydrogens (tertiary/aromatic N) is 2. The molecule has 0 saturated heterocycles. The van der Waals surface area contributed by atoms with E-state index >= 15 is 0 Å². The molecular formula is C29H27ClN3P. The number of fused-ring (bicyclic) bond motifs is 1. The summed E-state index contributed by atoms with van der Waals surface area (Å²) in [5.41, 5.74) is 2.02. The molecule has 4 aromatic carbocycles. The lowest BCUT2D eigenvalue weighted by molar-refractivity contribution is -0.00000657. The van der Waals surface area contributed by atoms with Crippen molar-refractivity contribution in [1.82, 2.24) is 14.9 Å². The number of para-hydroxylation sites is 2. The number of aromatic nitrogens is 2. The first-order valence-corrected chi connectivity index (χ1v) is 12.9. The van der Waals surface area contributed by atoms with Gasteiger partial charge in [-0.2, -0.15) is 0 Å². The molecule has 1 heterocycles. The second-order valence-corrected chi connectivity index (χ2v) is 11.6. The highest BCUT2D eigenvalue weighted by molar-refractivity contribution is 8.03. The van der Waals surface area contributed by atoms with Gasteiger partial charge in [-0.15, -0.1) is 0 Å². The zero-order chi connectivity index (χ0) is 22.7. The van der Waals surface area contributed by atoms with Crippen LogP contribution in [0.15, 0.2) is 121 Å². The minimum Gasteiger partial charge on any atom is -1.00 e. The Kier molecular flexibility index (Phi) is 7.17. The smallest absolute Gasteiger partial charge is 0.176 e. The van der Waals surface area contributed by atoms with E-state index in [0.717, 1.165) is 16.9 Å². The van der Waals surface area contributed by atoms with Crippen molar-refractivity contribution >= 4 is 39.5 Å². The van der Waals surface area contributed by atoms with Gasteiger partial charge in [0, 0.05) is 20.3 Å². The number of aromatic amines is 1. The lowest BCUT2D eigenvalue weighted by atomic mass is 10.3. The van der Waals surface area contributed by atoms with E-state index in [2.05, 4.69) is 133 Å².